The van der Waals surface area contributed by atoms with Crippen molar-refractivity contribution in [3.8, 4) is 0 Å². The van der Waals surface area contributed by atoms with Crippen LogP contribution >= 0.6 is 65.8 Å². The second kappa shape index (κ2) is 11.2. The molecule has 0 atom stereocenters. The zero-order valence-corrected chi connectivity index (χ0v) is 16.8. The Hall–Kier alpha value is 0.360. The van der Waals surface area contributed by atoms with E-state index in [4.69, 9.17) is 0 Å². The van der Waals surface area contributed by atoms with Gasteiger partial charge in [-0.15, -0.1) is 34.0 Å². The van der Waals surface area contributed by atoms with Gasteiger partial charge in [0.05, 0.1) is 0 Å². The predicted molar refractivity (Wildman–Crippen MR) is 98.4 cm³/mol. The number of rotatable bonds is 0. The fourth-order valence-electron chi connectivity index (χ4n) is 1.10. The van der Waals surface area contributed by atoms with E-state index >= 15 is 0 Å². The van der Waals surface area contributed by atoms with E-state index in [0.29, 0.717) is 0 Å². The van der Waals surface area contributed by atoms with Crippen LogP contribution in [0.25, 0.3) is 0 Å². The van der Waals surface area contributed by atoms with Crippen molar-refractivity contribution in [3.63, 3.8) is 0 Å². The van der Waals surface area contributed by atoms with E-state index in [-0.39, 0.29) is 34.0 Å². The number of benzene rings is 2. The first-order valence-electron chi connectivity index (χ1n) is 5.03. The van der Waals surface area contributed by atoms with Crippen molar-refractivity contribution in [1.82, 2.24) is 0 Å². The van der Waals surface area contributed by atoms with Crippen molar-refractivity contribution in [1.29, 1.82) is 0 Å². The Balaban J connectivity index is 0. The van der Waals surface area contributed by atoms with Gasteiger partial charge in [0.1, 0.15) is 0 Å². The quantitative estimate of drug-likeness (QED) is 0.376. The predicted octanol–water partition coefficient (Wildman–Crippen LogP) is 6.67. The van der Waals surface area contributed by atoms with Crippen molar-refractivity contribution in [2.24, 2.45) is 0 Å². The van der Waals surface area contributed by atoms with Crippen LogP contribution in [0.2, 0.25) is 0 Å². The van der Waals surface area contributed by atoms with Gasteiger partial charge in [-0.25, -0.2) is 0 Å². The Morgan fingerprint density at radius 1 is 0.611 bits per heavy atom. The summed E-state index contributed by atoms with van der Waals surface area (Å²) < 4.78 is 2.36. The number of hydrogen-bond donors (Lipinski definition) is 0. The molecule has 0 unspecified atom stereocenters. The second-order valence-electron chi connectivity index (χ2n) is 3.50. The van der Waals surface area contributed by atoms with Crippen molar-refractivity contribution in [2.75, 3.05) is 0 Å². The molecule has 0 fully saturated rings. The van der Waals surface area contributed by atoms with Gasteiger partial charge in [-0.1, -0.05) is 68.3 Å². The lowest BCUT2D eigenvalue weighted by Gasteiger charge is -1.91. The molecule has 0 N–H and O–H groups in total. The smallest absolute Gasteiger partial charge is 0.0204 e. The Morgan fingerprint density at radius 2 is 0.889 bits per heavy atom. The van der Waals surface area contributed by atoms with Crippen LogP contribution in [0.3, 0.4) is 0 Å². The lowest BCUT2D eigenvalue weighted by Crippen LogP contribution is -1.69. The molecular weight excluding hydrogens is 488 g/mol. The highest BCUT2D eigenvalue weighted by Crippen LogP contribution is 2.13. The molecule has 0 aliphatic heterocycles. The fourth-order valence-corrected chi connectivity index (χ4v) is 1.67. The molecular formula is C14H16Br4. The first-order valence-corrected chi connectivity index (χ1v) is 6.62. The molecule has 0 aliphatic rings. The third kappa shape index (κ3) is 7.72. The lowest BCUT2D eigenvalue weighted by atomic mass is 10.2. The Kier molecular flexibility index (Phi) is 12.9. The van der Waals surface area contributed by atoms with Gasteiger partial charge in [0, 0.05) is 8.95 Å². The molecule has 0 amide bonds. The molecule has 0 spiro atoms. The highest BCUT2D eigenvalue weighted by molar-refractivity contribution is 9.10. The van der Waals surface area contributed by atoms with Crippen LogP contribution in [0.5, 0.6) is 0 Å². The van der Waals surface area contributed by atoms with Crippen molar-refractivity contribution in [3.05, 3.63) is 68.6 Å². The third-order valence-corrected chi connectivity index (χ3v) is 3.93. The van der Waals surface area contributed by atoms with Gasteiger partial charge in [-0.2, -0.15) is 0 Å². The molecule has 0 saturated carbocycles. The van der Waals surface area contributed by atoms with Crippen LogP contribution in [0.15, 0.2) is 57.5 Å². The van der Waals surface area contributed by atoms with E-state index < -0.39 is 0 Å². The van der Waals surface area contributed by atoms with E-state index in [1.165, 1.54) is 20.1 Å². The first kappa shape index (κ1) is 20.7. The average Bonchev–Trinajstić information content (AvgIpc) is 2.28. The van der Waals surface area contributed by atoms with Gasteiger partial charge >= 0.3 is 0 Å². The SMILES string of the molecule is Br.Br.Cc1ccccc1Br.Cc1ccccc1Br. The standard InChI is InChI=1S/2C7H7Br.2BrH/c2*1-6-4-2-3-5-7(6)8;;/h2*2-5H,1H3;2*1H. The highest BCUT2D eigenvalue weighted by atomic mass is 79.9. The van der Waals surface area contributed by atoms with Gasteiger partial charge in [-0.3, -0.25) is 0 Å². The highest BCUT2D eigenvalue weighted by Gasteiger charge is 1.86. The van der Waals surface area contributed by atoms with E-state index in [1.54, 1.807) is 0 Å². The lowest BCUT2D eigenvalue weighted by molar-refractivity contribution is 1.43. The van der Waals surface area contributed by atoms with Crippen LogP contribution in [-0.2, 0) is 0 Å². The van der Waals surface area contributed by atoms with Crippen LogP contribution in [-0.4, -0.2) is 0 Å². The number of halogens is 4. The maximum atomic E-state index is 3.40. The summed E-state index contributed by atoms with van der Waals surface area (Å²) in [6.45, 7) is 4.15. The largest absolute Gasteiger partial charge is 0.114 e. The Bertz CT molecular complexity index is 370. The zero-order valence-electron chi connectivity index (χ0n) is 10.2. The van der Waals surface area contributed by atoms with Crippen molar-refractivity contribution in [2.45, 2.75) is 13.8 Å². The maximum Gasteiger partial charge on any atom is 0.0204 e. The van der Waals surface area contributed by atoms with E-state index in [9.17, 15) is 0 Å². The fraction of sp³-hybridized carbons (Fsp3) is 0.143. The number of aryl methyl sites for hydroxylation is 2. The topological polar surface area (TPSA) is 0 Å². The molecule has 0 saturated heterocycles. The van der Waals surface area contributed by atoms with Gasteiger partial charge in [0.25, 0.3) is 0 Å². The summed E-state index contributed by atoms with van der Waals surface area (Å²) >= 11 is 6.79. The monoisotopic (exact) mass is 500 g/mol. The summed E-state index contributed by atoms with van der Waals surface area (Å²) in [5.41, 5.74) is 2.57. The third-order valence-electron chi connectivity index (χ3n) is 2.15. The molecule has 0 aromatic heterocycles. The summed E-state index contributed by atoms with van der Waals surface area (Å²) in [6, 6.07) is 16.3. The zero-order chi connectivity index (χ0) is 12.0. The Morgan fingerprint density at radius 3 is 1.06 bits per heavy atom. The first-order chi connectivity index (χ1) is 7.61. The molecule has 0 heterocycles. The van der Waals surface area contributed by atoms with Crippen LogP contribution in [0.1, 0.15) is 11.1 Å². The molecule has 0 nitrogen and oxygen atoms in total. The van der Waals surface area contributed by atoms with Gasteiger partial charge in [0.2, 0.25) is 0 Å². The molecule has 100 valence electrons. The molecule has 4 heteroatoms. The number of hydrogen-bond acceptors (Lipinski definition) is 0. The molecule has 2 rings (SSSR count). The molecule has 0 radical (unpaired) electrons. The normalized spacial score (nSPS) is 8.22. The maximum absolute atomic E-state index is 3.40. The average molecular weight is 504 g/mol. The summed E-state index contributed by atoms with van der Waals surface area (Å²) in [4.78, 5) is 0. The van der Waals surface area contributed by atoms with E-state index in [1.807, 2.05) is 36.4 Å². The molecule has 2 aromatic carbocycles. The van der Waals surface area contributed by atoms with Crippen molar-refractivity contribution >= 4 is 65.8 Å². The molecule has 0 aliphatic carbocycles. The molecule has 18 heavy (non-hydrogen) atoms. The summed E-state index contributed by atoms with van der Waals surface area (Å²) in [7, 11) is 0. The van der Waals surface area contributed by atoms with Gasteiger partial charge in [-0.05, 0) is 37.1 Å². The molecule has 2 aromatic rings. The second-order valence-corrected chi connectivity index (χ2v) is 5.21. The minimum atomic E-state index is 0. The summed E-state index contributed by atoms with van der Waals surface area (Å²) in [5, 5.41) is 0. The van der Waals surface area contributed by atoms with Gasteiger partial charge in [0.15, 0.2) is 0 Å². The minimum Gasteiger partial charge on any atom is -0.114 e. The van der Waals surface area contributed by atoms with Crippen LogP contribution < -0.4 is 0 Å². The minimum absolute atomic E-state index is 0. The summed E-state index contributed by atoms with van der Waals surface area (Å²) in [5.74, 6) is 0. The van der Waals surface area contributed by atoms with Gasteiger partial charge < -0.3 is 0 Å². The summed E-state index contributed by atoms with van der Waals surface area (Å²) in [6.07, 6.45) is 0. The van der Waals surface area contributed by atoms with Crippen molar-refractivity contribution < 1.29 is 0 Å². The van der Waals surface area contributed by atoms with E-state index in [0.717, 1.165) is 0 Å². The van der Waals surface area contributed by atoms with Crippen LogP contribution in [0, 0.1) is 13.8 Å². The molecule has 0 bridgehead atoms. The van der Waals surface area contributed by atoms with E-state index in [2.05, 4.69) is 57.8 Å². The van der Waals surface area contributed by atoms with Crippen LogP contribution in [0.4, 0.5) is 0 Å². The Labute approximate surface area is 147 Å².